The van der Waals surface area contributed by atoms with Gasteiger partial charge in [-0.25, -0.2) is 0 Å². The number of rotatable bonds is 3. The van der Waals surface area contributed by atoms with E-state index >= 15 is 0 Å². The average Bonchev–Trinajstić information content (AvgIpc) is 2.73. The predicted molar refractivity (Wildman–Crippen MR) is 65.6 cm³/mol. The lowest BCUT2D eigenvalue weighted by atomic mass is 10.0. The van der Waals surface area contributed by atoms with E-state index in [9.17, 15) is 9.59 Å². The number of carbonyl (C=O) groups excluding carboxylic acids is 2. The van der Waals surface area contributed by atoms with E-state index in [4.69, 9.17) is 11.6 Å². The number of halogens is 1. The normalized spacial score (nSPS) is 15.7. The molecule has 2 rings (SSSR count). The highest BCUT2D eigenvalue weighted by atomic mass is 35.5. The summed E-state index contributed by atoms with van der Waals surface area (Å²) < 4.78 is 0. The van der Waals surface area contributed by atoms with Crippen molar-refractivity contribution in [1.82, 2.24) is 4.90 Å². The van der Waals surface area contributed by atoms with Gasteiger partial charge in [0.15, 0.2) is 5.78 Å². The van der Waals surface area contributed by atoms with E-state index in [0.29, 0.717) is 29.6 Å². The second-order valence-electron chi connectivity index (χ2n) is 4.07. The van der Waals surface area contributed by atoms with Crippen molar-refractivity contribution >= 4 is 23.3 Å². The number of carbonyl (C=O) groups is 2. The van der Waals surface area contributed by atoms with Gasteiger partial charge in [0.1, 0.15) is 6.04 Å². The number of amides is 1. The smallest absolute Gasteiger partial charge is 0.223 e. The molecule has 0 aliphatic carbocycles. The molecule has 0 bridgehead atoms. The summed E-state index contributed by atoms with van der Waals surface area (Å²) in [4.78, 5) is 25.2. The molecule has 1 saturated heterocycles. The molecule has 1 fully saturated rings. The first-order valence-corrected chi connectivity index (χ1v) is 5.91. The van der Waals surface area contributed by atoms with Gasteiger partial charge in [-0.15, -0.1) is 0 Å². The Balaban J connectivity index is 2.17. The number of likely N-dealkylation sites (tertiary alicyclic amines) is 1. The zero-order valence-corrected chi connectivity index (χ0v) is 10.3. The Morgan fingerprint density at radius 2 is 2.18 bits per heavy atom. The molecule has 0 saturated carbocycles. The van der Waals surface area contributed by atoms with Crippen molar-refractivity contribution < 1.29 is 9.59 Å². The van der Waals surface area contributed by atoms with Gasteiger partial charge in [0.2, 0.25) is 5.91 Å². The van der Waals surface area contributed by atoms with Gasteiger partial charge in [0.25, 0.3) is 0 Å². The molecule has 4 heteroatoms. The SMILES string of the molecule is C[C](C(=O)c1cccc(Cl)c1)N1CCCC1=O. The maximum Gasteiger partial charge on any atom is 0.223 e. The van der Waals surface area contributed by atoms with Gasteiger partial charge in [-0.3, -0.25) is 9.59 Å². The van der Waals surface area contributed by atoms with Crippen molar-refractivity contribution in [2.24, 2.45) is 0 Å². The van der Waals surface area contributed by atoms with Crippen LogP contribution in [-0.2, 0) is 4.79 Å². The fourth-order valence-corrected chi connectivity index (χ4v) is 2.15. The van der Waals surface area contributed by atoms with E-state index in [2.05, 4.69) is 0 Å². The summed E-state index contributed by atoms with van der Waals surface area (Å²) in [6, 6.07) is 7.25. The van der Waals surface area contributed by atoms with Crippen LogP contribution in [0.15, 0.2) is 24.3 Å². The van der Waals surface area contributed by atoms with Crippen molar-refractivity contribution in [3.05, 3.63) is 40.9 Å². The van der Waals surface area contributed by atoms with Gasteiger partial charge < -0.3 is 4.90 Å². The van der Waals surface area contributed by atoms with Crippen LogP contribution >= 0.6 is 11.6 Å². The molecule has 0 unspecified atom stereocenters. The molecule has 1 aliphatic rings. The van der Waals surface area contributed by atoms with Crippen LogP contribution in [0.25, 0.3) is 0 Å². The van der Waals surface area contributed by atoms with Gasteiger partial charge in [0.05, 0.1) is 0 Å². The standard InChI is InChI=1S/C13H13ClNO2/c1-9(15-7-3-6-12(15)16)13(17)10-4-2-5-11(14)8-10/h2,4-5,8H,3,6-7H2,1H3. The fraction of sp³-hybridized carbons (Fsp3) is 0.308. The van der Waals surface area contributed by atoms with E-state index in [0.717, 1.165) is 6.42 Å². The summed E-state index contributed by atoms with van der Waals surface area (Å²) in [5, 5.41) is 0.524. The Hall–Kier alpha value is -1.35. The number of benzene rings is 1. The molecular weight excluding hydrogens is 238 g/mol. The monoisotopic (exact) mass is 250 g/mol. The summed E-state index contributed by atoms with van der Waals surface area (Å²) in [5.74, 6) is -0.111. The highest BCUT2D eigenvalue weighted by molar-refractivity contribution is 6.31. The van der Waals surface area contributed by atoms with E-state index in [1.54, 1.807) is 36.1 Å². The third-order valence-electron chi connectivity index (χ3n) is 2.89. The van der Waals surface area contributed by atoms with Gasteiger partial charge in [-0.1, -0.05) is 23.7 Å². The summed E-state index contributed by atoms with van der Waals surface area (Å²) in [6.07, 6.45) is 1.35. The minimum atomic E-state index is -0.136. The first-order valence-electron chi connectivity index (χ1n) is 5.54. The topological polar surface area (TPSA) is 37.4 Å². The van der Waals surface area contributed by atoms with Crippen LogP contribution in [0.5, 0.6) is 0 Å². The Labute approximate surface area is 105 Å². The summed E-state index contributed by atoms with van der Waals surface area (Å²) in [6.45, 7) is 2.32. The Morgan fingerprint density at radius 3 is 2.76 bits per heavy atom. The summed E-state index contributed by atoms with van der Waals surface area (Å²) >= 11 is 5.84. The lowest BCUT2D eigenvalue weighted by Gasteiger charge is -2.21. The quantitative estimate of drug-likeness (QED) is 0.774. The predicted octanol–water partition coefficient (Wildman–Crippen LogP) is 2.70. The molecule has 1 heterocycles. The lowest BCUT2D eigenvalue weighted by Crippen LogP contribution is -2.33. The molecule has 3 nitrogen and oxygen atoms in total. The molecule has 0 N–H and O–H groups in total. The number of Topliss-reactive ketones (excluding diaryl/α,β-unsaturated/α-hetero) is 1. The second-order valence-corrected chi connectivity index (χ2v) is 4.51. The minimum Gasteiger partial charge on any atom is -0.327 e. The van der Waals surface area contributed by atoms with E-state index in [-0.39, 0.29) is 11.7 Å². The van der Waals surface area contributed by atoms with Crippen molar-refractivity contribution in [2.45, 2.75) is 19.8 Å². The maximum atomic E-state index is 12.1. The summed E-state index contributed by atoms with van der Waals surface area (Å²) in [7, 11) is 0. The number of hydrogen-bond donors (Lipinski definition) is 0. The van der Waals surface area contributed by atoms with Crippen molar-refractivity contribution in [3.8, 4) is 0 Å². The molecular formula is C13H13ClNO2. The Bertz CT molecular complexity index is 458. The molecule has 17 heavy (non-hydrogen) atoms. The van der Waals surface area contributed by atoms with Crippen LogP contribution in [-0.4, -0.2) is 23.1 Å². The molecule has 0 atom stereocenters. The van der Waals surface area contributed by atoms with Crippen LogP contribution < -0.4 is 0 Å². The molecule has 1 aromatic rings. The molecule has 1 aliphatic heterocycles. The molecule has 89 valence electrons. The van der Waals surface area contributed by atoms with Gasteiger partial charge >= 0.3 is 0 Å². The average molecular weight is 251 g/mol. The molecule has 1 aromatic carbocycles. The highest BCUT2D eigenvalue weighted by Crippen LogP contribution is 2.22. The van der Waals surface area contributed by atoms with Gasteiger partial charge in [-0.05, 0) is 25.5 Å². The Morgan fingerprint density at radius 1 is 1.41 bits per heavy atom. The molecule has 1 radical (unpaired) electrons. The van der Waals surface area contributed by atoms with Gasteiger partial charge in [-0.2, -0.15) is 0 Å². The fourth-order valence-electron chi connectivity index (χ4n) is 1.96. The second kappa shape index (κ2) is 4.88. The molecule has 0 spiro atoms. The lowest BCUT2D eigenvalue weighted by molar-refractivity contribution is -0.126. The first kappa shape index (κ1) is 12.1. The molecule has 1 amide bonds. The third kappa shape index (κ3) is 2.50. The van der Waals surface area contributed by atoms with E-state index in [1.165, 1.54) is 0 Å². The number of ketones is 1. The van der Waals surface area contributed by atoms with Crippen LogP contribution in [0.2, 0.25) is 5.02 Å². The van der Waals surface area contributed by atoms with Crippen LogP contribution in [0, 0.1) is 6.04 Å². The van der Waals surface area contributed by atoms with E-state index in [1.807, 2.05) is 0 Å². The molecule has 0 aromatic heterocycles. The van der Waals surface area contributed by atoms with Crippen LogP contribution in [0.4, 0.5) is 0 Å². The third-order valence-corrected chi connectivity index (χ3v) is 3.13. The van der Waals surface area contributed by atoms with Gasteiger partial charge in [0, 0.05) is 23.6 Å². The van der Waals surface area contributed by atoms with Crippen LogP contribution in [0.3, 0.4) is 0 Å². The zero-order chi connectivity index (χ0) is 12.4. The van der Waals surface area contributed by atoms with Crippen molar-refractivity contribution in [3.63, 3.8) is 0 Å². The van der Waals surface area contributed by atoms with E-state index < -0.39 is 0 Å². The largest absolute Gasteiger partial charge is 0.327 e. The zero-order valence-electron chi connectivity index (χ0n) is 9.57. The minimum absolute atomic E-state index is 0.0258. The highest BCUT2D eigenvalue weighted by Gasteiger charge is 2.30. The Kier molecular flexibility index (Phi) is 3.48. The number of nitrogens with zero attached hydrogens (tertiary/aromatic N) is 1. The maximum absolute atomic E-state index is 12.1. The van der Waals surface area contributed by atoms with Crippen molar-refractivity contribution in [1.29, 1.82) is 0 Å². The summed E-state index contributed by atoms with van der Waals surface area (Å²) in [5.41, 5.74) is 0.523. The van der Waals surface area contributed by atoms with Crippen molar-refractivity contribution in [2.75, 3.05) is 6.54 Å². The van der Waals surface area contributed by atoms with Crippen LogP contribution in [0.1, 0.15) is 30.1 Å². The number of hydrogen-bond acceptors (Lipinski definition) is 2. The first-order chi connectivity index (χ1) is 8.09.